The van der Waals surface area contributed by atoms with Gasteiger partial charge in [-0.05, 0) is 0 Å². The highest BCUT2D eigenvalue weighted by Crippen LogP contribution is 2.62. The second kappa shape index (κ2) is 10.1. The molecule has 0 spiro atoms. The molecule has 2 atom stereocenters. The molecule has 0 amide bonds. The van der Waals surface area contributed by atoms with Crippen LogP contribution in [0.1, 0.15) is 13.8 Å². The molecular formula is C8H20O2P2S5. The molecule has 0 aromatic carbocycles. The molecule has 9 heteroatoms. The van der Waals surface area contributed by atoms with Crippen LogP contribution in [0.4, 0.5) is 0 Å². The average molecular weight is 371 g/mol. The largest absolute Gasteiger partial charge is 0.345 e. The maximum absolute atomic E-state index is 5.47. The highest BCUT2D eigenvalue weighted by Gasteiger charge is 2.16. The van der Waals surface area contributed by atoms with Crippen molar-refractivity contribution in [1.29, 1.82) is 0 Å². The molecule has 0 aliphatic carbocycles. The van der Waals surface area contributed by atoms with E-state index in [-0.39, 0.29) is 0 Å². The Balaban J connectivity index is 3.80. The summed E-state index contributed by atoms with van der Waals surface area (Å²) in [7, 11) is 3.44. The third kappa shape index (κ3) is 8.21. The van der Waals surface area contributed by atoms with E-state index < -0.39 is 10.9 Å². The monoisotopic (exact) mass is 370 g/mol. The summed E-state index contributed by atoms with van der Waals surface area (Å²) in [5.74, 6) is 0. The summed E-state index contributed by atoms with van der Waals surface area (Å²) in [6, 6.07) is 0. The fraction of sp³-hybridized carbons (Fsp3) is 1.00. The minimum atomic E-state index is -1.60. The van der Waals surface area contributed by atoms with Crippen molar-refractivity contribution in [3.8, 4) is 0 Å². The molecule has 0 radical (unpaired) electrons. The topological polar surface area (TPSA) is 18.5 Å². The molecule has 0 saturated carbocycles. The fourth-order valence-corrected chi connectivity index (χ4v) is 13.0. The van der Waals surface area contributed by atoms with Crippen LogP contribution in [0.5, 0.6) is 0 Å². The molecule has 2 nitrogen and oxygen atoms in total. The summed E-state index contributed by atoms with van der Waals surface area (Å²) in [5.41, 5.74) is -3.21. The van der Waals surface area contributed by atoms with Gasteiger partial charge < -0.3 is 9.05 Å². The molecule has 0 aliphatic heterocycles. The van der Waals surface area contributed by atoms with Crippen molar-refractivity contribution in [2.75, 3.05) is 36.7 Å². The standard InChI is InChI=1S/C8H20O2P2S5/c1-5-11(13,9-3)16-7-15-8-17-12(14,6-2)10-4/h5-8H2,1-4H3. The third-order valence-corrected chi connectivity index (χ3v) is 18.7. The van der Waals surface area contributed by atoms with E-state index in [1.54, 1.807) is 37.0 Å². The van der Waals surface area contributed by atoms with Crippen molar-refractivity contribution in [2.45, 2.75) is 13.8 Å². The van der Waals surface area contributed by atoms with Crippen molar-refractivity contribution in [3.63, 3.8) is 0 Å². The first-order valence-corrected chi connectivity index (χ1v) is 15.3. The lowest BCUT2D eigenvalue weighted by molar-refractivity contribution is 0.471. The van der Waals surface area contributed by atoms with Crippen LogP contribution in [0.15, 0.2) is 0 Å². The number of hydrogen-bond donors (Lipinski definition) is 0. The quantitative estimate of drug-likeness (QED) is 0.300. The van der Waals surface area contributed by atoms with E-state index in [1.165, 1.54) is 0 Å². The van der Waals surface area contributed by atoms with E-state index in [0.717, 1.165) is 22.5 Å². The summed E-state index contributed by atoms with van der Waals surface area (Å²) in [6.45, 7) is 4.19. The normalized spacial score (nSPS) is 18.6. The first-order valence-electron chi connectivity index (χ1n) is 5.11. The Bertz CT molecular complexity index is 256. The van der Waals surface area contributed by atoms with E-state index in [1.807, 2.05) is 11.8 Å². The van der Waals surface area contributed by atoms with Gasteiger partial charge in [0.15, 0.2) is 0 Å². The number of hydrogen-bond acceptors (Lipinski definition) is 7. The molecular weight excluding hydrogens is 350 g/mol. The van der Waals surface area contributed by atoms with Gasteiger partial charge in [0.05, 0.1) is 0 Å². The molecule has 0 bridgehead atoms. The fourth-order valence-electron chi connectivity index (χ4n) is 0.815. The summed E-state index contributed by atoms with van der Waals surface area (Å²) in [4.78, 5) is 0. The van der Waals surface area contributed by atoms with Gasteiger partial charge in [-0.15, -0.1) is 11.8 Å². The van der Waals surface area contributed by atoms with Crippen LogP contribution in [0, 0.1) is 0 Å². The van der Waals surface area contributed by atoms with Crippen LogP contribution in [0.2, 0.25) is 0 Å². The Kier molecular flexibility index (Phi) is 11.4. The van der Waals surface area contributed by atoms with Crippen LogP contribution in [0.3, 0.4) is 0 Å². The summed E-state index contributed by atoms with van der Waals surface area (Å²) in [6.07, 6.45) is 1.89. The first-order chi connectivity index (χ1) is 7.95. The molecule has 0 fully saturated rings. The molecule has 17 heavy (non-hydrogen) atoms. The van der Waals surface area contributed by atoms with Crippen LogP contribution in [0.25, 0.3) is 0 Å². The zero-order chi connectivity index (χ0) is 13.4. The Morgan fingerprint density at radius 3 is 1.47 bits per heavy atom. The first kappa shape index (κ1) is 19.3. The molecule has 0 rings (SSSR count). The molecule has 0 saturated heterocycles. The van der Waals surface area contributed by atoms with Gasteiger partial charge in [0.25, 0.3) is 0 Å². The number of thioether (sulfide) groups is 1. The van der Waals surface area contributed by atoms with Crippen LogP contribution in [-0.2, 0) is 32.7 Å². The maximum atomic E-state index is 5.47. The second-order valence-electron chi connectivity index (χ2n) is 2.92. The Morgan fingerprint density at radius 2 is 1.24 bits per heavy atom. The smallest absolute Gasteiger partial charge is 0.119 e. The zero-order valence-corrected chi connectivity index (χ0v) is 16.5. The van der Waals surface area contributed by atoms with Crippen molar-refractivity contribution >= 4 is 69.1 Å². The predicted molar refractivity (Wildman–Crippen MR) is 96.2 cm³/mol. The lowest BCUT2D eigenvalue weighted by Gasteiger charge is -2.18. The predicted octanol–water partition coefficient (Wildman–Crippen LogP) is 5.05. The van der Waals surface area contributed by atoms with Gasteiger partial charge >= 0.3 is 0 Å². The molecule has 2 unspecified atom stereocenters. The molecule has 0 heterocycles. The number of rotatable bonds is 10. The minimum absolute atomic E-state index is 0.947. The summed E-state index contributed by atoms with van der Waals surface area (Å²) < 4.78 is 10.8. The van der Waals surface area contributed by atoms with E-state index >= 15 is 0 Å². The van der Waals surface area contributed by atoms with Gasteiger partial charge in [-0.2, -0.15) is 0 Å². The molecule has 0 aliphatic rings. The van der Waals surface area contributed by atoms with Gasteiger partial charge in [0.1, 0.15) is 10.9 Å². The molecule has 104 valence electrons. The van der Waals surface area contributed by atoms with Gasteiger partial charge in [-0.25, -0.2) is 0 Å². The van der Waals surface area contributed by atoms with E-state index in [9.17, 15) is 0 Å². The third-order valence-electron chi connectivity index (χ3n) is 2.00. The minimum Gasteiger partial charge on any atom is -0.345 e. The molecule has 0 aromatic heterocycles. The average Bonchev–Trinajstić information content (AvgIpc) is 2.37. The van der Waals surface area contributed by atoms with Crippen LogP contribution in [-0.4, -0.2) is 36.7 Å². The van der Waals surface area contributed by atoms with Gasteiger partial charge in [0.2, 0.25) is 0 Å². The van der Waals surface area contributed by atoms with Gasteiger partial charge in [0, 0.05) is 36.7 Å². The molecule has 0 N–H and O–H groups in total. The Morgan fingerprint density at radius 1 is 0.882 bits per heavy atom. The maximum Gasteiger partial charge on any atom is 0.119 e. The van der Waals surface area contributed by atoms with Gasteiger partial charge in [-0.3, -0.25) is 0 Å². The van der Waals surface area contributed by atoms with Crippen LogP contribution >= 0.6 is 45.5 Å². The van der Waals surface area contributed by atoms with E-state index in [0.29, 0.717) is 0 Å². The lowest BCUT2D eigenvalue weighted by atomic mass is 11.0. The van der Waals surface area contributed by atoms with Crippen molar-refractivity contribution < 1.29 is 9.05 Å². The molecule has 0 aromatic rings. The zero-order valence-electron chi connectivity index (χ0n) is 10.6. The Labute approximate surface area is 128 Å². The van der Waals surface area contributed by atoms with E-state index in [2.05, 4.69) is 13.8 Å². The van der Waals surface area contributed by atoms with Crippen molar-refractivity contribution in [2.24, 2.45) is 0 Å². The van der Waals surface area contributed by atoms with E-state index in [4.69, 9.17) is 32.7 Å². The summed E-state index contributed by atoms with van der Waals surface area (Å²) in [5, 5.41) is 1.96. The lowest BCUT2D eigenvalue weighted by Crippen LogP contribution is -1.86. The second-order valence-corrected chi connectivity index (χ2v) is 20.2. The highest BCUT2D eigenvalue weighted by molar-refractivity contribution is 8.73. The Hall–Kier alpha value is 2.27. The summed E-state index contributed by atoms with van der Waals surface area (Å²) >= 11 is 16.4. The SMILES string of the molecule is CCP(=S)(OC)SCSCSP(=S)(CC)OC. The van der Waals surface area contributed by atoms with Crippen LogP contribution < -0.4 is 0 Å². The highest BCUT2D eigenvalue weighted by atomic mass is 32.9. The van der Waals surface area contributed by atoms with Crippen molar-refractivity contribution in [1.82, 2.24) is 0 Å². The van der Waals surface area contributed by atoms with Crippen molar-refractivity contribution in [3.05, 3.63) is 0 Å². The van der Waals surface area contributed by atoms with Gasteiger partial charge in [-0.1, -0.05) is 60.2 Å².